The van der Waals surface area contributed by atoms with E-state index in [4.69, 9.17) is 18.9 Å². The summed E-state index contributed by atoms with van der Waals surface area (Å²) < 4.78 is 21.7. The molecule has 0 aromatic heterocycles. The second-order valence-electron chi connectivity index (χ2n) is 7.19. The van der Waals surface area contributed by atoms with E-state index < -0.39 is 30.3 Å². The van der Waals surface area contributed by atoms with Crippen LogP contribution in [0.3, 0.4) is 0 Å². The molecule has 3 unspecified atom stereocenters. The first-order chi connectivity index (χ1) is 15.5. The molecule has 2 aromatic carbocycles. The first kappa shape index (κ1) is 25.5. The summed E-state index contributed by atoms with van der Waals surface area (Å²) in [5.74, 6) is -0.977. The van der Waals surface area contributed by atoms with Crippen molar-refractivity contribution < 1.29 is 38.7 Å². The highest BCUT2D eigenvalue weighted by Gasteiger charge is 2.22. The third-order valence-electron chi connectivity index (χ3n) is 4.36. The molecule has 0 amide bonds. The smallest absolute Gasteiger partial charge is 0.338 e. The molecule has 32 heavy (non-hydrogen) atoms. The normalized spacial score (nSPS) is 13.7. The summed E-state index contributed by atoms with van der Waals surface area (Å²) in [5.41, 5.74) is 0.836. The number of aliphatic hydroxyl groups is 2. The van der Waals surface area contributed by atoms with Gasteiger partial charge in [0.05, 0.1) is 49.8 Å². The molecule has 0 aliphatic carbocycles. The fourth-order valence-electron chi connectivity index (χ4n) is 2.77. The molecule has 8 nitrogen and oxygen atoms in total. The van der Waals surface area contributed by atoms with Crippen LogP contribution in [-0.2, 0) is 18.9 Å². The molecule has 0 fully saturated rings. The molecule has 8 heteroatoms. The fraction of sp³-hybridized carbons (Fsp3) is 0.417. The first-order valence-corrected chi connectivity index (χ1v) is 10.5. The lowest BCUT2D eigenvalue weighted by Gasteiger charge is -2.23. The summed E-state index contributed by atoms with van der Waals surface area (Å²) in [6.45, 7) is 1.48. The Labute approximate surface area is 187 Å². The zero-order valence-electron chi connectivity index (χ0n) is 18.1. The van der Waals surface area contributed by atoms with Crippen molar-refractivity contribution in [2.75, 3.05) is 33.0 Å². The maximum Gasteiger partial charge on any atom is 0.338 e. The Morgan fingerprint density at radius 3 is 2.00 bits per heavy atom. The molecule has 0 aliphatic rings. The van der Waals surface area contributed by atoms with E-state index in [0.717, 1.165) is 0 Å². The molecular weight excluding hydrogens is 416 g/mol. The van der Waals surface area contributed by atoms with Crippen LogP contribution in [0.25, 0.3) is 0 Å². The summed E-state index contributed by atoms with van der Waals surface area (Å²) in [7, 11) is 0. The van der Waals surface area contributed by atoms with Crippen LogP contribution in [0.4, 0.5) is 0 Å². The topological polar surface area (TPSA) is 112 Å². The Kier molecular flexibility index (Phi) is 11.4. The van der Waals surface area contributed by atoms with Crippen LogP contribution in [0.1, 0.15) is 34.1 Å². The molecule has 0 bridgehead atoms. The highest BCUT2D eigenvalue weighted by atomic mass is 16.6. The molecule has 0 radical (unpaired) electrons. The molecule has 0 saturated heterocycles. The van der Waals surface area contributed by atoms with E-state index in [0.29, 0.717) is 11.1 Å². The van der Waals surface area contributed by atoms with Crippen molar-refractivity contribution in [3.8, 4) is 0 Å². The number of carbonyl (C=O) groups is 2. The molecular formula is C24H30O8. The van der Waals surface area contributed by atoms with Crippen molar-refractivity contribution in [3.63, 3.8) is 0 Å². The Bertz CT molecular complexity index is 794. The molecule has 3 atom stereocenters. The summed E-state index contributed by atoms with van der Waals surface area (Å²) in [6, 6.07) is 17.1. The third-order valence-corrected chi connectivity index (χ3v) is 4.36. The van der Waals surface area contributed by atoms with Gasteiger partial charge in [0.25, 0.3) is 0 Å². The van der Waals surface area contributed by atoms with Gasteiger partial charge in [-0.2, -0.15) is 0 Å². The van der Waals surface area contributed by atoms with Gasteiger partial charge >= 0.3 is 11.9 Å². The number of carbonyl (C=O) groups excluding carboxylic acids is 2. The maximum atomic E-state index is 12.4. The van der Waals surface area contributed by atoms with Crippen LogP contribution >= 0.6 is 0 Å². The quantitative estimate of drug-likeness (QED) is 0.336. The average molecular weight is 446 g/mol. The Morgan fingerprint density at radius 2 is 1.44 bits per heavy atom. The lowest BCUT2D eigenvalue weighted by Crippen LogP contribution is -2.33. The highest BCUT2D eigenvalue weighted by molar-refractivity contribution is 5.89. The van der Waals surface area contributed by atoms with Gasteiger partial charge in [-0.3, -0.25) is 0 Å². The van der Waals surface area contributed by atoms with Crippen LogP contribution < -0.4 is 0 Å². The minimum atomic E-state index is -0.710. The summed E-state index contributed by atoms with van der Waals surface area (Å²) in [5, 5.41) is 19.0. The zero-order chi connectivity index (χ0) is 23.2. The molecule has 2 rings (SSSR count). The first-order valence-electron chi connectivity index (χ1n) is 10.5. The number of ether oxygens (including phenoxy) is 4. The fourth-order valence-corrected chi connectivity index (χ4v) is 2.77. The number of esters is 2. The molecule has 0 saturated carbocycles. The molecule has 2 N–H and O–H groups in total. The lowest BCUT2D eigenvalue weighted by atomic mass is 10.1. The van der Waals surface area contributed by atoms with Gasteiger partial charge in [0.15, 0.2) is 0 Å². The van der Waals surface area contributed by atoms with Crippen LogP contribution in [0, 0.1) is 0 Å². The predicted octanol–water partition coefficient (Wildman–Crippen LogP) is 2.23. The number of hydrogen-bond acceptors (Lipinski definition) is 8. The van der Waals surface area contributed by atoms with Gasteiger partial charge in [0.2, 0.25) is 0 Å². The largest absolute Gasteiger partial charge is 0.460 e. The van der Waals surface area contributed by atoms with Crippen molar-refractivity contribution in [2.45, 2.75) is 31.7 Å². The Hall–Kier alpha value is -2.78. The van der Waals surface area contributed by atoms with Crippen molar-refractivity contribution in [3.05, 3.63) is 71.8 Å². The second kappa shape index (κ2) is 14.3. The summed E-state index contributed by atoms with van der Waals surface area (Å²) in [6.07, 6.45) is -1.87. The van der Waals surface area contributed by atoms with E-state index in [1.54, 1.807) is 67.6 Å². The van der Waals surface area contributed by atoms with Crippen molar-refractivity contribution in [1.82, 2.24) is 0 Å². The van der Waals surface area contributed by atoms with E-state index in [-0.39, 0.29) is 39.5 Å². The average Bonchev–Trinajstić information content (AvgIpc) is 2.82. The summed E-state index contributed by atoms with van der Waals surface area (Å²) >= 11 is 0. The summed E-state index contributed by atoms with van der Waals surface area (Å²) in [4.78, 5) is 24.4. The maximum absolute atomic E-state index is 12.4. The van der Waals surface area contributed by atoms with Gasteiger partial charge in [0, 0.05) is 6.42 Å². The third kappa shape index (κ3) is 9.57. The van der Waals surface area contributed by atoms with Crippen LogP contribution in [0.2, 0.25) is 0 Å². The van der Waals surface area contributed by atoms with Gasteiger partial charge in [-0.25, -0.2) is 9.59 Å². The number of rotatable bonds is 14. The van der Waals surface area contributed by atoms with Gasteiger partial charge in [-0.15, -0.1) is 0 Å². The molecule has 0 aliphatic heterocycles. The minimum Gasteiger partial charge on any atom is -0.460 e. The standard InChI is InChI=1S/C24H30O8/c1-18(26)16-31-21(15-25)14-22(32-24(28)20-10-6-3-7-11-20)17-29-12-13-30-23(27)19-8-4-2-5-9-19/h2-11,18,21-22,25-26H,12-17H2,1H3. The van der Waals surface area contributed by atoms with Crippen molar-refractivity contribution in [2.24, 2.45) is 0 Å². The van der Waals surface area contributed by atoms with Gasteiger partial charge in [-0.1, -0.05) is 36.4 Å². The van der Waals surface area contributed by atoms with Crippen molar-refractivity contribution >= 4 is 11.9 Å². The van der Waals surface area contributed by atoms with Crippen LogP contribution in [0.15, 0.2) is 60.7 Å². The number of aliphatic hydroxyl groups excluding tert-OH is 2. The molecule has 174 valence electrons. The van der Waals surface area contributed by atoms with Crippen molar-refractivity contribution in [1.29, 1.82) is 0 Å². The highest BCUT2D eigenvalue weighted by Crippen LogP contribution is 2.12. The zero-order valence-corrected chi connectivity index (χ0v) is 18.1. The molecule has 0 heterocycles. The lowest BCUT2D eigenvalue weighted by molar-refractivity contribution is -0.0673. The Morgan fingerprint density at radius 1 is 0.844 bits per heavy atom. The van der Waals surface area contributed by atoms with E-state index >= 15 is 0 Å². The second-order valence-corrected chi connectivity index (χ2v) is 7.19. The van der Waals surface area contributed by atoms with Gasteiger partial charge in [-0.05, 0) is 31.2 Å². The number of benzene rings is 2. The number of hydrogen-bond donors (Lipinski definition) is 2. The van der Waals surface area contributed by atoms with E-state index in [1.807, 2.05) is 0 Å². The molecule has 2 aromatic rings. The van der Waals surface area contributed by atoms with Crippen LogP contribution in [0.5, 0.6) is 0 Å². The Balaban J connectivity index is 1.85. The van der Waals surface area contributed by atoms with Gasteiger partial charge < -0.3 is 29.2 Å². The van der Waals surface area contributed by atoms with E-state index in [1.165, 1.54) is 0 Å². The SMILES string of the molecule is CC(O)COC(CO)CC(COCCOC(=O)c1ccccc1)OC(=O)c1ccccc1. The minimum absolute atomic E-state index is 0.0238. The van der Waals surface area contributed by atoms with E-state index in [9.17, 15) is 19.8 Å². The van der Waals surface area contributed by atoms with E-state index in [2.05, 4.69) is 0 Å². The predicted molar refractivity (Wildman–Crippen MR) is 116 cm³/mol. The monoisotopic (exact) mass is 446 g/mol. The van der Waals surface area contributed by atoms with Crippen LogP contribution in [-0.4, -0.2) is 73.5 Å². The van der Waals surface area contributed by atoms with Gasteiger partial charge in [0.1, 0.15) is 12.7 Å². The molecule has 0 spiro atoms.